The summed E-state index contributed by atoms with van der Waals surface area (Å²) in [4.78, 5) is 17.6. The summed E-state index contributed by atoms with van der Waals surface area (Å²) in [5.41, 5.74) is 2.76. The first kappa shape index (κ1) is 30.6. The SMILES string of the molecule is O=C(NC1CCN(C(I)c2ccccc2)CC1)c1cc2cc(OC3CCN(c4ccc(OC(F)(F)F)cc4)CC3)ccc2o1. The topological polar surface area (TPSA) is 67.2 Å². The van der Waals surface area contributed by atoms with Crippen LogP contribution in [0.1, 0.15) is 45.9 Å². The molecule has 0 bridgehead atoms. The van der Waals surface area contributed by atoms with Gasteiger partial charge < -0.3 is 24.1 Å². The lowest BCUT2D eigenvalue weighted by atomic mass is 10.0. The number of nitrogens with zero attached hydrogens (tertiary/aromatic N) is 2. The van der Waals surface area contributed by atoms with Crippen molar-refractivity contribution in [3.8, 4) is 11.5 Å². The number of fused-ring (bicyclic) bond motifs is 1. The molecule has 1 amide bonds. The van der Waals surface area contributed by atoms with Gasteiger partial charge in [-0.2, -0.15) is 0 Å². The van der Waals surface area contributed by atoms with Crippen molar-refractivity contribution in [1.82, 2.24) is 10.2 Å². The van der Waals surface area contributed by atoms with E-state index >= 15 is 0 Å². The predicted octanol–water partition coefficient (Wildman–Crippen LogP) is 7.71. The van der Waals surface area contributed by atoms with Gasteiger partial charge in [0.25, 0.3) is 5.91 Å². The molecule has 2 saturated heterocycles. The number of rotatable bonds is 8. The van der Waals surface area contributed by atoms with Crippen LogP contribution in [0.15, 0.2) is 83.3 Å². The summed E-state index contributed by atoms with van der Waals surface area (Å²) < 4.78 is 53.7. The molecule has 4 aromatic rings. The lowest BCUT2D eigenvalue weighted by Gasteiger charge is -2.35. The maximum atomic E-state index is 13.0. The Kier molecular flexibility index (Phi) is 9.22. The third kappa shape index (κ3) is 7.60. The first-order valence-corrected chi connectivity index (χ1v) is 16.0. The van der Waals surface area contributed by atoms with Gasteiger partial charge in [0.05, 0.1) is 4.05 Å². The average Bonchev–Trinajstić information content (AvgIpc) is 3.45. The van der Waals surface area contributed by atoms with E-state index in [1.807, 2.05) is 24.3 Å². The second-order valence-electron chi connectivity index (χ2n) is 11.2. The van der Waals surface area contributed by atoms with Crippen LogP contribution in [0.3, 0.4) is 0 Å². The number of halogens is 4. The second-order valence-corrected chi connectivity index (χ2v) is 12.4. The van der Waals surface area contributed by atoms with Crippen molar-refractivity contribution < 1.29 is 31.9 Å². The van der Waals surface area contributed by atoms with Crippen molar-refractivity contribution in [1.29, 1.82) is 0 Å². The Balaban J connectivity index is 0.984. The summed E-state index contributed by atoms with van der Waals surface area (Å²) in [6, 6.07) is 23.8. The van der Waals surface area contributed by atoms with Gasteiger partial charge in [0.15, 0.2) is 5.76 Å². The van der Waals surface area contributed by atoms with Gasteiger partial charge >= 0.3 is 6.36 Å². The van der Waals surface area contributed by atoms with E-state index in [0.29, 0.717) is 28.5 Å². The molecule has 0 aliphatic carbocycles. The molecule has 7 nitrogen and oxygen atoms in total. The third-order valence-electron chi connectivity index (χ3n) is 8.15. The molecule has 1 atom stereocenters. The number of piperidine rings is 2. The van der Waals surface area contributed by atoms with E-state index in [0.717, 1.165) is 49.8 Å². The summed E-state index contributed by atoms with van der Waals surface area (Å²) in [6.45, 7) is 3.25. The standard InChI is InChI=1S/C33H33F3IN3O4/c34-33(35,36)44-27-8-6-25(7-9-27)39-18-14-26(15-19-39)42-28-10-11-29-23(20-28)21-30(43-29)32(41)38-24-12-16-40(17-13-24)31(37)22-4-2-1-3-5-22/h1-11,20-21,24,26,31H,12-19H2,(H,38,41). The van der Waals surface area contributed by atoms with Gasteiger partial charge in [-0.05, 0) is 66.9 Å². The number of hydrogen-bond donors (Lipinski definition) is 1. The Bertz CT molecular complexity index is 1550. The maximum Gasteiger partial charge on any atom is 0.573 e. The van der Waals surface area contributed by atoms with Gasteiger partial charge in [0, 0.05) is 56.1 Å². The average molecular weight is 720 g/mol. The fraction of sp³-hybridized carbons (Fsp3) is 0.364. The fourth-order valence-electron chi connectivity index (χ4n) is 5.84. The number of anilines is 1. The van der Waals surface area contributed by atoms with Crippen LogP contribution in [-0.4, -0.2) is 55.5 Å². The Morgan fingerprint density at radius 3 is 2.25 bits per heavy atom. The van der Waals surface area contributed by atoms with Crippen molar-refractivity contribution in [2.45, 2.75) is 48.2 Å². The quantitative estimate of drug-likeness (QED) is 0.114. The lowest BCUT2D eigenvalue weighted by molar-refractivity contribution is -0.274. The highest BCUT2D eigenvalue weighted by molar-refractivity contribution is 14.1. The largest absolute Gasteiger partial charge is 0.573 e. The lowest BCUT2D eigenvalue weighted by Crippen LogP contribution is -2.44. The van der Waals surface area contributed by atoms with Crippen LogP contribution in [0.25, 0.3) is 11.0 Å². The normalized spacial score (nSPS) is 17.9. The highest BCUT2D eigenvalue weighted by Crippen LogP contribution is 2.32. The molecule has 11 heteroatoms. The van der Waals surface area contributed by atoms with Crippen molar-refractivity contribution >= 4 is 45.2 Å². The van der Waals surface area contributed by atoms with Crippen LogP contribution in [-0.2, 0) is 0 Å². The number of carbonyl (C=O) groups is 1. The molecule has 3 heterocycles. The molecule has 44 heavy (non-hydrogen) atoms. The van der Waals surface area contributed by atoms with Crippen LogP contribution in [0.4, 0.5) is 18.9 Å². The number of nitrogens with one attached hydrogen (secondary N) is 1. The first-order valence-electron chi connectivity index (χ1n) is 14.8. The van der Waals surface area contributed by atoms with Crippen LogP contribution < -0.4 is 19.7 Å². The van der Waals surface area contributed by atoms with Crippen molar-refractivity contribution in [3.05, 3.63) is 90.2 Å². The first-order chi connectivity index (χ1) is 21.2. The molecule has 2 fully saturated rings. The van der Waals surface area contributed by atoms with Crippen LogP contribution in [0.2, 0.25) is 0 Å². The molecular weight excluding hydrogens is 686 g/mol. The zero-order chi connectivity index (χ0) is 30.7. The summed E-state index contributed by atoms with van der Waals surface area (Å²) in [5.74, 6) is 0.553. The molecule has 232 valence electrons. The zero-order valence-corrected chi connectivity index (χ0v) is 26.1. The Labute approximate surface area is 267 Å². The van der Waals surface area contributed by atoms with Crippen LogP contribution in [0.5, 0.6) is 11.5 Å². The van der Waals surface area contributed by atoms with E-state index in [-0.39, 0.29) is 29.6 Å². The molecule has 3 aromatic carbocycles. The number of carbonyl (C=O) groups excluding carboxylic acids is 1. The minimum atomic E-state index is -4.70. The molecule has 2 aliphatic rings. The van der Waals surface area contributed by atoms with Gasteiger partial charge in [-0.3, -0.25) is 9.69 Å². The van der Waals surface area contributed by atoms with Gasteiger partial charge in [-0.15, -0.1) is 13.2 Å². The number of ether oxygens (including phenoxy) is 2. The van der Waals surface area contributed by atoms with Gasteiger partial charge in [-0.1, -0.05) is 52.9 Å². The minimum absolute atomic E-state index is 0.00102. The number of alkyl halides is 4. The van der Waals surface area contributed by atoms with Crippen molar-refractivity contribution in [3.63, 3.8) is 0 Å². The van der Waals surface area contributed by atoms with E-state index in [9.17, 15) is 18.0 Å². The maximum absolute atomic E-state index is 13.0. The van der Waals surface area contributed by atoms with Gasteiger partial charge in [0.2, 0.25) is 0 Å². The number of likely N-dealkylation sites (tertiary alicyclic amines) is 1. The number of benzene rings is 3. The van der Waals surface area contributed by atoms with E-state index in [2.05, 4.69) is 66.7 Å². The summed E-state index contributed by atoms with van der Waals surface area (Å²) in [7, 11) is 0. The Morgan fingerprint density at radius 2 is 1.57 bits per heavy atom. The number of furan rings is 1. The summed E-state index contributed by atoms with van der Waals surface area (Å²) >= 11 is 2.48. The Hall–Kier alpha value is -3.45. The molecule has 6 rings (SSSR count). The Morgan fingerprint density at radius 1 is 0.886 bits per heavy atom. The number of hydrogen-bond acceptors (Lipinski definition) is 6. The molecule has 2 aliphatic heterocycles. The smallest absolute Gasteiger partial charge is 0.490 e. The van der Waals surface area contributed by atoms with Crippen molar-refractivity contribution in [2.75, 3.05) is 31.1 Å². The fourth-order valence-corrected chi connectivity index (χ4v) is 6.81. The van der Waals surface area contributed by atoms with Gasteiger partial charge in [-0.25, -0.2) is 0 Å². The number of amides is 1. The highest BCUT2D eigenvalue weighted by Gasteiger charge is 2.31. The summed E-state index contributed by atoms with van der Waals surface area (Å²) in [5, 5.41) is 3.95. The molecule has 1 N–H and O–H groups in total. The third-order valence-corrected chi connectivity index (χ3v) is 9.66. The van der Waals surface area contributed by atoms with Crippen LogP contribution in [0, 0.1) is 0 Å². The molecule has 1 aromatic heterocycles. The molecule has 0 spiro atoms. The molecule has 1 unspecified atom stereocenters. The molecular formula is C33H33F3IN3O4. The van der Waals surface area contributed by atoms with Crippen LogP contribution >= 0.6 is 22.6 Å². The summed E-state index contributed by atoms with van der Waals surface area (Å²) in [6.07, 6.45) is -1.41. The monoisotopic (exact) mass is 719 g/mol. The van der Waals surface area contributed by atoms with E-state index in [1.165, 1.54) is 17.7 Å². The second kappa shape index (κ2) is 13.3. The highest BCUT2D eigenvalue weighted by atomic mass is 127. The van der Waals surface area contributed by atoms with E-state index in [1.54, 1.807) is 18.2 Å². The minimum Gasteiger partial charge on any atom is -0.490 e. The molecule has 0 saturated carbocycles. The van der Waals surface area contributed by atoms with E-state index < -0.39 is 6.36 Å². The van der Waals surface area contributed by atoms with Gasteiger partial charge in [0.1, 0.15) is 23.2 Å². The predicted molar refractivity (Wildman–Crippen MR) is 170 cm³/mol. The zero-order valence-electron chi connectivity index (χ0n) is 23.9. The molecule has 0 radical (unpaired) electrons. The van der Waals surface area contributed by atoms with E-state index in [4.69, 9.17) is 9.15 Å². The van der Waals surface area contributed by atoms with Crippen molar-refractivity contribution in [2.24, 2.45) is 0 Å².